The number of carboxylic acids is 1. The first-order valence-electron chi connectivity index (χ1n) is 8.54. The number of para-hydroxylation sites is 1. The number of carbonyl (C=O) groups is 2. The van der Waals surface area contributed by atoms with Crippen LogP contribution >= 0.6 is 0 Å². The molecule has 10 nitrogen and oxygen atoms in total. The lowest BCUT2D eigenvalue weighted by atomic mass is 10.1. The highest BCUT2D eigenvalue weighted by Crippen LogP contribution is 2.23. The van der Waals surface area contributed by atoms with E-state index in [1.54, 1.807) is 20.8 Å². The van der Waals surface area contributed by atoms with Gasteiger partial charge in [-0.15, -0.1) is 0 Å². The van der Waals surface area contributed by atoms with Crippen LogP contribution in [-0.4, -0.2) is 42.0 Å². The molecule has 156 valence electrons. The molecular weight excluding hydrogens is 392 g/mol. The maximum Gasteiger partial charge on any atom is 0.321 e. The van der Waals surface area contributed by atoms with Gasteiger partial charge in [-0.2, -0.15) is 4.72 Å². The summed E-state index contributed by atoms with van der Waals surface area (Å²) in [7, 11) is -4.42. The normalized spacial score (nSPS) is 13.0. The second-order valence-corrected chi connectivity index (χ2v) is 8.75. The van der Waals surface area contributed by atoms with Crippen molar-refractivity contribution in [1.82, 2.24) is 4.72 Å². The van der Waals surface area contributed by atoms with Gasteiger partial charge in [0.1, 0.15) is 11.6 Å². The second-order valence-electron chi connectivity index (χ2n) is 7.07. The molecule has 1 atom stereocenters. The van der Waals surface area contributed by atoms with Crippen LogP contribution in [0.3, 0.4) is 0 Å². The molecule has 0 aromatic heterocycles. The molecule has 11 heteroatoms. The largest absolute Gasteiger partial charge is 0.480 e. The fourth-order valence-corrected chi connectivity index (χ4v) is 3.72. The maximum absolute atomic E-state index is 12.4. The van der Waals surface area contributed by atoms with Gasteiger partial charge in [-0.3, -0.25) is 19.7 Å². The van der Waals surface area contributed by atoms with E-state index in [-0.39, 0.29) is 19.3 Å². The number of nitro groups is 1. The molecule has 0 spiro atoms. The number of unbranched alkanes of at least 4 members (excludes halogenated alkanes) is 1. The Morgan fingerprint density at radius 3 is 2.39 bits per heavy atom. The van der Waals surface area contributed by atoms with Crippen LogP contribution in [-0.2, 0) is 24.3 Å². The molecule has 1 rings (SSSR count). The van der Waals surface area contributed by atoms with Crippen LogP contribution in [0.4, 0.5) is 5.69 Å². The van der Waals surface area contributed by atoms with E-state index in [9.17, 15) is 33.2 Å². The third-order valence-electron chi connectivity index (χ3n) is 3.49. The molecule has 0 aliphatic carbocycles. The molecule has 0 bridgehead atoms. The number of carboxylic acid groups (broad SMARTS) is 1. The molecule has 0 fully saturated rings. The zero-order valence-electron chi connectivity index (χ0n) is 15.9. The summed E-state index contributed by atoms with van der Waals surface area (Å²) in [5.41, 5.74) is -1.27. The molecule has 1 aromatic rings. The van der Waals surface area contributed by atoms with Crippen LogP contribution in [0.25, 0.3) is 0 Å². The third kappa shape index (κ3) is 7.61. The van der Waals surface area contributed by atoms with E-state index in [1.165, 1.54) is 12.1 Å². The predicted molar refractivity (Wildman–Crippen MR) is 99.2 cm³/mol. The van der Waals surface area contributed by atoms with E-state index in [2.05, 4.69) is 0 Å². The fraction of sp³-hybridized carbons (Fsp3) is 0.529. The van der Waals surface area contributed by atoms with Gasteiger partial charge in [0, 0.05) is 12.5 Å². The standard InChI is InChI=1S/C17H24N2O8S/c1-17(2,3)27-15(20)11-7-4-8-12(16(21)22)18-28(25,26)14-10-6-5-9-13(14)19(23)24/h5-6,9-10,12,18H,4,7-8,11H2,1-3H3,(H,21,22)/t12-/m1/s1. The lowest BCUT2D eigenvalue weighted by Crippen LogP contribution is -2.40. The first kappa shape index (κ1) is 23.5. The SMILES string of the molecule is CC(C)(C)OC(=O)CCCC[C@@H](NS(=O)(=O)c1ccccc1[N+](=O)[O-])C(=O)O. The number of nitrogens with one attached hydrogen (secondary N) is 1. The predicted octanol–water partition coefficient (Wildman–Crippen LogP) is 2.23. The Morgan fingerprint density at radius 1 is 1.25 bits per heavy atom. The number of benzene rings is 1. The number of nitro benzene ring substituents is 1. The lowest BCUT2D eigenvalue weighted by Gasteiger charge is -2.19. The van der Waals surface area contributed by atoms with Crippen molar-refractivity contribution < 1.29 is 32.8 Å². The zero-order valence-corrected chi connectivity index (χ0v) is 16.7. The van der Waals surface area contributed by atoms with Gasteiger partial charge in [-0.1, -0.05) is 18.6 Å². The van der Waals surface area contributed by atoms with Gasteiger partial charge in [-0.05, 0) is 39.7 Å². The van der Waals surface area contributed by atoms with Crippen LogP contribution in [0.5, 0.6) is 0 Å². The van der Waals surface area contributed by atoms with E-state index in [0.29, 0.717) is 6.42 Å². The molecule has 1 aromatic carbocycles. The van der Waals surface area contributed by atoms with Gasteiger partial charge in [0.2, 0.25) is 10.0 Å². The monoisotopic (exact) mass is 416 g/mol. The van der Waals surface area contributed by atoms with E-state index in [4.69, 9.17) is 4.74 Å². The Hall–Kier alpha value is -2.53. The number of rotatable bonds is 10. The summed E-state index contributed by atoms with van der Waals surface area (Å²) >= 11 is 0. The van der Waals surface area contributed by atoms with Gasteiger partial charge in [0.25, 0.3) is 5.69 Å². The minimum atomic E-state index is -4.42. The third-order valence-corrected chi connectivity index (χ3v) is 5.01. The van der Waals surface area contributed by atoms with Crippen molar-refractivity contribution in [3.63, 3.8) is 0 Å². The van der Waals surface area contributed by atoms with Gasteiger partial charge in [0.05, 0.1) is 4.92 Å². The topological polar surface area (TPSA) is 153 Å². The van der Waals surface area contributed by atoms with Crippen LogP contribution in [0, 0.1) is 10.1 Å². The number of sulfonamides is 1. The Kier molecular flexibility index (Phi) is 8.06. The first-order valence-corrected chi connectivity index (χ1v) is 10.0. The van der Waals surface area contributed by atoms with Gasteiger partial charge in [-0.25, -0.2) is 8.42 Å². The molecule has 0 unspecified atom stereocenters. The molecular formula is C17H24N2O8S. The highest BCUT2D eigenvalue weighted by atomic mass is 32.2. The number of ether oxygens (including phenoxy) is 1. The molecule has 28 heavy (non-hydrogen) atoms. The van der Waals surface area contributed by atoms with Crippen LogP contribution < -0.4 is 4.72 Å². The van der Waals surface area contributed by atoms with E-state index < -0.39 is 49.1 Å². The fourth-order valence-electron chi connectivity index (χ4n) is 2.33. The Labute approximate surface area is 163 Å². The van der Waals surface area contributed by atoms with Crippen LogP contribution in [0.2, 0.25) is 0 Å². The van der Waals surface area contributed by atoms with Crippen molar-refractivity contribution in [2.45, 2.75) is 63.0 Å². The Bertz CT molecular complexity index is 830. The molecule has 0 radical (unpaired) electrons. The number of carbonyl (C=O) groups excluding carboxylic acids is 1. The van der Waals surface area contributed by atoms with Gasteiger partial charge in [0.15, 0.2) is 4.90 Å². The number of aliphatic carboxylic acids is 1. The number of hydrogen-bond donors (Lipinski definition) is 2. The number of esters is 1. The van der Waals surface area contributed by atoms with Crippen LogP contribution in [0.1, 0.15) is 46.5 Å². The summed E-state index contributed by atoms with van der Waals surface area (Å²) in [5, 5.41) is 20.3. The van der Waals surface area contributed by atoms with E-state index in [1.807, 2.05) is 4.72 Å². The lowest BCUT2D eigenvalue weighted by molar-refractivity contribution is -0.387. The second kappa shape index (κ2) is 9.60. The first-order chi connectivity index (χ1) is 12.8. The van der Waals surface area contributed by atoms with Crippen molar-refractivity contribution in [3.05, 3.63) is 34.4 Å². The molecule has 0 aliphatic heterocycles. The Morgan fingerprint density at radius 2 is 1.86 bits per heavy atom. The van der Waals surface area contributed by atoms with Crippen LogP contribution in [0.15, 0.2) is 29.2 Å². The minimum absolute atomic E-state index is 0.0700. The van der Waals surface area contributed by atoms with Crippen molar-refractivity contribution in [2.24, 2.45) is 0 Å². The molecule has 0 saturated heterocycles. The number of nitrogens with zero attached hydrogens (tertiary/aromatic N) is 1. The van der Waals surface area contributed by atoms with E-state index in [0.717, 1.165) is 12.1 Å². The molecule has 0 amide bonds. The summed E-state index contributed by atoms with van der Waals surface area (Å²) in [4.78, 5) is 32.6. The molecule has 0 heterocycles. The summed E-state index contributed by atoms with van der Waals surface area (Å²) in [6.07, 6.45) is 0.542. The smallest absolute Gasteiger partial charge is 0.321 e. The Balaban J connectivity index is 2.74. The highest BCUT2D eigenvalue weighted by Gasteiger charge is 2.30. The summed E-state index contributed by atoms with van der Waals surface area (Å²) in [5.74, 6) is -1.85. The molecule has 0 saturated carbocycles. The summed E-state index contributed by atoms with van der Waals surface area (Å²) in [6, 6.07) is 3.18. The number of hydrogen-bond acceptors (Lipinski definition) is 7. The average molecular weight is 416 g/mol. The van der Waals surface area contributed by atoms with Gasteiger partial charge >= 0.3 is 11.9 Å². The van der Waals surface area contributed by atoms with Crippen molar-refractivity contribution in [1.29, 1.82) is 0 Å². The van der Waals surface area contributed by atoms with Crippen molar-refractivity contribution >= 4 is 27.6 Å². The zero-order chi connectivity index (χ0) is 21.5. The molecule has 0 aliphatic rings. The van der Waals surface area contributed by atoms with Crippen molar-refractivity contribution in [3.8, 4) is 0 Å². The summed E-state index contributed by atoms with van der Waals surface area (Å²) < 4.78 is 32.0. The summed E-state index contributed by atoms with van der Waals surface area (Å²) in [6.45, 7) is 5.18. The van der Waals surface area contributed by atoms with E-state index >= 15 is 0 Å². The maximum atomic E-state index is 12.4. The quantitative estimate of drug-likeness (QED) is 0.255. The average Bonchev–Trinajstić information content (AvgIpc) is 2.55. The van der Waals surface area contributed by atoms with Crippen molar-refractivity contribution in [2.75, 3.05) is 0 Å². The van der Waals surface area contributed by atoms with Gasteiger partial charge < -0.3 is 9.84 Å². The minimum Gasteiger partial charge on any atom is -0.480 e. The highest BCUT2D eigenvalue weighted by molar-refractivity contribution is 7.89. The molecule has 2 N–H and O–H groups in total.